The van der Waals surface area contributed by atoms with E-state index in [0.717, 1.165) is 19.9 Å². The van der Waals surface area contributed by atoms with Crippen molar-refractivity contribution < 1.29 is 8.78 Å². The molecule has 17 heavy (non-hydrogen) atoms. The van der Waals surface area contributed by atoms with Gasteiger partial charge in [0.05, 0.1) is 0 Å². The van der Waals surface area contributed by atoms with Gasteiger partial charge in [-0.3, -0.25) is 0 Å². The molecule has 2 rings (SSSR count). The minimum absolute atomic E-state index is 0.0211. The second-order valence-corrected chi connectivity index (χ2v) is 5.31. The molecule has 1 fully saturated rings. The Bertz CT molecular complexity index is 372. The topological polar surface area (TPSA) is 12.0 Å². The van der Waals surface area contributed by atoms with E-state index in [4.69, 9.17) is 0 Å². The molecule has 1 heterocycles. The molecule has 3 heteroatoms. The van der Waals surface area contributed by atoms with E-state index in [-0.39, 0.29) is 12.0 Å². The molecule has 0 saturated carbocycles. The van der Waals surface area contributed by atoms with E-state index in [1.165, 1.54) is 12.0 Å². The lowest BCUT2D eigenvalue weighted by molar-refractivity contribution is 0.0226. The Hall–Kier alpha value is -0.960. The maximum atomic E-state index is 12.9. The average Bonchev–Trinajstić information content (AvgIpc) is 2.65. The van der Waals surface area contributed by atoms with Crippen LogP contribution in [0.15, 0.2) is 24.3 Å². The highest BCUT2D eigenvalue weighted by molar-refractivity contribution is 5.29. The van der Waals surface area contributed by atoms with E-state index in [1.54, 1.807) is 0 Å². The molecular formula is C14H19F2N. The number of halogens is 2. The Labute approximate surface area is 101 Å². The second-order valence-electron chi connectivity index (χ2n) is 5.31. The Morgan fingerprint density at radius 2 is 1.94 bits per heavy atom. The van der Waals surface area contributed by atoms with Crippen molar-refractivity contribution in [2.75, 3.05) is 6.54 Å². The highest BCUT2D eigenvalue weighted by Gasteiger charge is 2.30. The zero-order valence-corrected chi connectivity index (χ0v) is 10.4. The third-order valence-electron chi connectivity index (χ3n) is 3.47. The molecule has 1 aliphatic rings. The Kier molecular flexibility index (Phi) is 3.21. The first-order valence-electron chi connectivity index (χ1n) is 6.11. The largest absolute Gasteiger partial charge is 0.308 e. The first-order chi connectivity index (χ1) is 7.89. The van der Waals surface area contributed by atoms with E-state index in [1.807, 2.05) is 24.3 Å². The Morgan fingerprint density at radius 3 is 2.41 bits per heavy atom. The summed E-state index contributed by atoms with van der Waals surface area (Å²) < 4.78 is 25.7. The molecule has 1 unspecified atom stereocenters. The molecule has 0 radical (unpaired) electrons. The number of rotatable bonds is 3. The maximum absolute atomic E-state index is 12.9. The molecular weight excluding hydrogens is 220 g/mol. The lowest BCUT2D eigenvalue weighted by atomic mass is 9.89. The number of alkyl halides is 2. The molecule has 1 nitrogen and oxygen atoms in total. The fraction of sp³-hybridized carbons (Fsp3) is 0.571. The summed E-state index contributed by atoms with van der Waals surface area (Å²) in [6, 6.07) is 7.58. The van der Waals surface area contributed by atoms with Crippen LogP contribution in [0.4, 0.5) is 8.78 Å². The third kappa shape index (κ3) is 3.03. The first kappa shape index (κ1) is 12.5. The fourth-order valence-corrected chi connectivity index (χ4v) is 2.49. The predicted molar refractivity (Wildman–Crippen MR) is 65.4 cm³/mol. The van der Waals surface area contributed by atoms with Gasteiger partial charge < -0.3 is 5.32 Å². The van der Waals surface area contributed by atoms with Crippen LogP contribution in [-0.2, 0) is 12.0 Å². The molecule has 1 atom stereocenters. The molecule has 1 aromatic rings. The molecule has 0 bridgehead atoms. The SMILES string of the molecule is CC(F)(F)Cc1ccc(C2(C)CCCN2)cc1. The molecule has 94 valence electrons. The molecule has 0 aromatic heterocycles. The van der Waals surface area contributed by atoms with E-state index in [2.05, 4.69) is 12.2 Å². The van der Waals surface area contributed by atoms with Crippen LogP contribution in [0.1, 0.15) is 37.8 Å². The van der Waals surface area contributed by atoms with Gasteiger partial charge in [0.15, 0.2) is 0 Å². The summed E-state index contributed by atoms with van der Waals surface area (Å²) in [4.78, 5) is 0. The first-order valence-corrected chi connectivity index (χ1v) is 6.11. The van der Waals surface area contributed by atoms with Gasteiger partial charge >= 0.3 is 0 Å². The van der Waals surface area contributed by atoms with Crippen molar-refractivity contribution in [1.29, 1.82) is 0 Å². The standard InChI is InChI=1S/C14H19F2N/c1-13(8-3-9-17-13)12-6-4-11(5-7-12)10-14(2,15)16/h4-7,17H,3,8-10H2,1-2H3. The van der Waals surface area contributed by atoms with Crippen molar-refractivity contribution in [3.8, 4) is 0 Å². The van der Waals surface area contributed by atoms with Crippen molar-refractivity contribution in [2.45, 2.75) is 44.6 Å². The van der Waals surface area contributed by atoms with E-state index < -0.39 is 5.92 Å². The smallest absolute Gasteiger partial charge is 0.249 e. The lowest BCUT2D eigenvalue weighted by Gasteiger charge is -2.25. The van der Waals surface area contributed by atoms with Crippen LogP contribution >= 0.6 is 0 Å². The van der Waals surface area contributed by atoms with Crippen molar-refractivity contribution in [3.63, 3.8) is 0 Å². The van der Waals surface area contributed by atoms with Gasteiger partial charge in [-0.15, -0.1) is 0 Å². The maximum Gasteiger partial charge on any atom is 0.249 e. The minimum Gasteiger partial charge on any atom is -0.308 e. The van der Waals surface area contributed by atoms with Gasteiger partial charge in [-0.05, 0) is 44.4 Å². The highest BCUT2D eigenvalue weighted by Crippen LogP contribution is 2.30. The van der Waals surface area contributed by atoms with Crippen LogP contribution in [0.5, 0.6) is 0 Å². The second kappa shape index (κ2) is 4.37. The van der Waals surface area contributed by atoms with Crippen LogP contribution in [0.25, 0.3) is 0 Å². The van der Waals surface area contributed by atoms with Crippen LogP contribution in [0, 0.1) is 0 Å². The Balaban J connectivity index is 2.13. The van der Waals surface area contributed by atoms with Crippen molar-refractivity contribution in [3.05, 3.63) is 35.4 Å². The summed E-state index contributed by atoms with van der Waals surface area (Å²) in [7, 11) is 0. The monoisotopic (exact) mass is 239 g/mol. The van der Waals surface area contributed by atoms with Crippen LogP contribution in [-0.4, -0.2) is 12.5 Å². The van der Waals surface area contributed by atoms with E-state index in [9.17, 15) is 8.78 Å². The summed E-state index contributed by atoms with van der Waals surface area (Å²) in [6.45, 7) is 4.16. The van der Waals surface area contributed by atoms with Crippen molar-refractivity contribution in [1.82, 2.24) is 5.32 Å². The minimum atomic E-state index is -2.63. The Morgan fingerprint density at radius 1 is 1.29 bits per heavy atom. The zero-order valence-electron chi connectivity index (χ0n) is 10.4. The molecule has 1 saturated heterocycles. The predicted octanol–water partition coefficient (Wildman–Crippen LogP) is 3.48. The number of hydrogen-bond acceptors (Lipinski definition) is 1. The van der Waals surface area contributed by atoms with Crippen molar-refractivity contribution in [2.24, 2.45) is 0 Å². The quantitative estimate of drug-likeness (QED) is 0.851. The van der Waals surface area contributed by atoms with Gasteiger partial charge in [0.1, 0.15) is 0 Å². The van der Waals surface area contributed by atoms with Crippen molar-refractivity contribution >= 4 is 0 Å². The van der Waals surface area contributed by atoms with Gasteiger partial charge in [-0.2, -0.15) is 0 Å². The summed E-state index contributed by atoms with van der Waals surface area (Å²) in [6.07, 6.45) is 2.10. The van der Waals surface area contributed by atoms with Gasteiger partial charge in [0.2, 0.25) is 5.92 Å². The number of hydrogen-bond donors (Lipinski definition) is 1. The number of nitrogens with one attached hydrogen (secondary N) is 1. The van der Waals surface area contributed by atoms with Crippen LogP contribution in [0.3, 0.4) is 0 Å². The average molecular weight is 239 g/mol. The van der Waals surface area contributed by atoms with E-state index >= 15 is 0 Å². The summed E-state index contributed by atoms with van der Waals surface area (Å²) in [5.41, 5.74) is 1.91. The van der Waals surface area contributed by atoms with Gasteiger partial charge in [-0.25, -0.2) is 8.78 Å². The third-order valence-corrected chi connectivity index (χ3v) is 3.47. The van der Waals surface area contributed by atoms with Crippen LogP contribution in [0.2, 0.25) is 0 Å². The zero-order chi connectivity index (χ0) is 12.5. The molecule has 0 aliphatic carbocycles. The summed E-state index contributed by atoms with van der Waals surface area (Å²) in [5, 5.41) is 3.47. The summed E-state index contributed by atoms with van der Waals surface area (Å²) >= 11 is 0. The lowest BCUT2D eigenvalue weighted by Crippen LogP contribution is -2.33. The molecule has 0 spiro atoms. The van der Waals surface area contributed by atoms with Gasteiger partial charge in [0, 0.05) is 12.0 Å². The molecule has 1 N–H and O–H groups in total. The number of benzene rings is 1. The van der Waals surface area contributed by atoms with Gasteiger partial charge in [0.25, 0.3) is 0 Å². The highest BCUT2D eigenvalue weighted by atomic mass is 19.3. The van der Waals surface area contributed by atoms with Gasteiger partial charge in [-0.1, -0.05) is 24.3 Å². The molecule has 1 aliphatic heterocycles. The van der Waals surface area contributed by atoms with E-state index in [0.29, 0.717) is 5.56 Å². The normalized spacial score (nSPS) is 25.2. The molecule has 0 amide bonds. The summed E-state index contributed by atoms with van der Waals surface area (Å²) in [5.74, 6) is -2.63. The molecule has 1 aromatic carbocycles. The fourth-order valence-electron chi connectivity index (χ4n) is 2.49. The van der Waals surface area contributed by atoms with Crippen LogP contribution < -0.4 is 5.32 Å².